The van der Waals surface area contributed by atoms with Crippen LogP contribution in [0.25, 0.3) is 49.7 Å². The predicted octanol–water partition coefficient (Wildman–Crippen LogP) is 9.86. The number of rotatable bonds is 5. The number of fused-ring (bicyclic) bond motifs is 3. The van der Waals surface area contributed by atoms with E-state index in [4.69, 9.17) is 0 Å². The van der Waals surface area contributed by atoms with Crippen molar-refractivity contribution in [1.82, 2.24) is 4.57 Å². The van der Waals surface area contributed by atoms with Gasteiger partial charge < -0.3 is 9.88 Å². The number of para-hydroxylation sites is 2. The standard InChI is InChI=1S/C36H26N2/c1-4-12-26(13-5-1)28-22-29(27-14-6-2-7-15-27)24-31(23-28)37-30-20-21-34-33-18-10-11-19-35(33)38(36(34)25-30)32-16-8-3-9-17-32/h1-25,37H. The lowest BCUT2D eigenvalue weighted by Gasteiger charge is -2.14. The fraction of sp³-hybridized carbons (Fsp3) is 0. The van der Waals surface area contributed by atoms with Crippen LogP contribution in [0.3, 0.4) is 0 Å². The number of benzene rings is 6. The molecule has 0 atom stereocenters. The number of aromatic nitrogens is 1. The van der Waals surface area contributed by atoms with Crippen molar-refractivity contribution in [3.8, 4) is 27.9 Å². The zero-order valence-electron chi connectivity index (χ0n) is 20.9. The van der Waals surface area contributed by atoms with Gasteiger partial charge in [-0.1, -0.05) is 103 Å². The van der Waals surface area contributed by atoms with Crippen LogP contribution in [-0.2, 0) is 0 Å². The minimum Gasteiger partial charge on any atom is -0.355 e. The molecule has 0 radical (unpaired) electrons. The Hall–Kier alpha value is -5.08. The molecule has 1 aromatic heterocycles. The van der Waals surface area contributed by atoms with Crippen molar-refractivity contribution in [1.29, 1.82) is 0 Å². The van der Waals surface area contributed by atoms with E-state index in [1.54, 1.807) is 0 Å². The quantitative estimate of drug-likeness (QED) is 0.256. The second-order valence-corrected chi connectivity index (χ2v) is 9.58. The van der Waals surface area contributed by atoms with Crippen LogP contribution in [0.15, 0.2) is 152 Å². The van der Waals surface area contributed by atoms with Gasteiger partial charge in [0, 0.05) is 27.8 Å². The summed E-state index contributed by atoms with van der Waals surface area (Å²) in [4.78, 5) is 0. The Morgan fingerprint density at radius 2 is 0.921 bits per heavy atom. The van der Waals surface area contributed by atoms with E-state index in [0.29, 0.717) is 0 Å². The fourth-order valence-corrected chi connectivity index (χ4v) is 5.36. The molecule has 0 amide bonds. The summed E-state index contributed by atoms with van der Waals surface area (Å²) in [5, 5.41) is 6.23. The molecule has 0 aliphatic rings. The number of hydrogen-bond donors (Lipinski definition) is 1. The van der Waals surface area contributed by atoms with Crippen molar-refractivity contribution < 1.29 is 0 Å². The summed E-state index contributed by atoms with van der Waals surface area (Å²) in [7, 11) is 0. The van der Waals surface area contributed by atoms with E-state index in [-0.39, 0.29) is 0 Å². The SMILES string of the molecule is c1ccc(-c2cc(Nc3ccc4c5ccccc5n(-c5ccccc5)c4c3)cc(-c3ccccc3)c2)cc1. The molecule has 0 unspecified atom stereocenters. The Balaban J connectivity index is 1.37. The molecule has 0 saturated carbocycles. The van der Waals surface area contributed by atoms with E-state index in [1.165, 1.54) is 44.1 Å². The number of nitrogens with zero attached hydrogens (tertiary/aromatic N) is 1. The van der Waals surface area contributed by atoms with E-state index in [2.05, 4.69) is 162 Å². The highest BCUT2D eigenvalue weighted by molar-refractivity contribution is 6.10. The van der Waals surface area contributed by atoms with Gasteiger partial charge in [-0.25, -0.2) is 0 Å². The summed E-state index contributed by atoms with van der Waals surface area (Å²) in [5.41, 5.74) is 10.5. The molecule has 0 aliphatic heterocycles. The molecular formula is C36H26N2. The van der Waals surface area contributed by atoms with Crippen molar-refractivity contribution in [2.75, 3.05) is 5.32 Å². The van der Waals surface area contributed by atoms with Gasteiger partial charge in [0.2, 0.25) is 0 Å². The minimum absolute atomic E-state index is 1.06. The van der Waals surface area contributed by atoms with Gasteiger partial charge in [0.1, 0.15) is 0 Å². The Morgan fingerprint density at radius 1 is 0.368 bits per heavy atom. The van der Waals surface area contributed by atoms with Crippen molar-refractivity contribution in [2.24, 2.45) is 0 Å². The molecule has 0 saturated heterocycles. The van der Waals surface area contributed by atoms with Crippen molar-refractivity contribution in [3.63, 3.8) is 0 Å². The lowest BCUT2D eigenvalue weighted by molar-refractivity contribution is 1.18. The van der Waals surface area contributed by atoms with E-state index >= 15 is 0 Å². The molecule has 1 heterocycles. The first-order chi connectivity index (χ1) is 18.8. The first-order valence-corrected chi connectivity index (χ1v) is 13.0. The Kier molecular flexibility index (Phi) is 5.49. The second kappa shape index (κ2) is 9.42. The summed E-state index contributed by atoms with van der Waals surface area (Å²) in [6.07, 6.45) is 0. The third-order valence-corrected chi connectivity index (χ3v) is 7.12. The Morgan fingerprint density at radius 3 is 1.58 bits per heavy atom. The molecule has 2 nitrogen and oxygen atoms in total. The van der Waals surface area contributed by atoms with E-state index in [0.717, 1.165) is 17.1 Å². The molecule has 2 heteroatoms. The predicted molar refractivity (Wildman–Crippen MR) is 161 cm³/mol. The van der Waals surface area contributed by atoms with Crippen LogP contribution in [0.2, 0.25) is 0 Å². The maximum Gasteiger partial charge on any atom is 0.0561 e. The van der Waals surface area contributed by atoms with Gasteiger partial charge in [-0.2, -0.15) is 0 Å². The van der Waals surface area contributed by atoms with Crippen LogP contribution in [0, 0.1) is 0 Å². The smallest absolute Gasteiger partial charge is 0.0561 e. The molecule has 7 aromatic rings. The zero-order valence-corrected chi connectivity index (χ0v) is 20.9. The van der Waals surface area contributed by atoms with Crippen LogP contribution in [0.1, 0.15) is 0 Å². The molecular weight excluding hydrogens is 460 g/mol. The average molecular weight is 487 g/mol. The van der Waals surface area contributed by atoms with Crippen molar-refractivity contribution in [2.45, 2.75) is 0 Å². The van der Waals surface area contributed by atoms with Crippen molar-refractivity contribution in [3.05, 3.63) is 152 Å². The summed E-state index contributed by atoms with van der Waals surface area (Å²) in [6, 6.07) is 53.8. The van der Waals surface area contributed by atoms with E-state index in [9.17, 15) is 0 Å². The fourth-order valence-electron chi connectivity index (χ4n) is 5.36. The van der Waals surface area contributed by atoms with Gasteiger partial charge in [0.15, 0.2) is 0 Å². The van der Waals surface area contributed by atoms with Crippen LogP contribution >= 0.6 is 0 Å². The van der Waals surface area contributed by atoms with Crippen LogP contribution in [0.5, 0.6) is 0 Å². The topological polar surface area (TPSA) is 17.0 Å². The molecule has 180 valence electrons. The third-order valence-electron chi connectivity index (χ3n) is 7.12. The van der Waals surface area contributed by atoms with Crippen molar-refractivity contribution >= 4 is 33.2 Å². The summed E-state index contributed by atoms with van der Waals surface area (Å²) in [5.74, 6) is 0. The van der Waals surface area contributed by atoms with Gasteiger partial charge in [0.05, 0.1) is 11.0 Å². The lowest BCUT2D eigenvalue weighted by Crippen LogP contribution is -1.95. The van der Waals surface area contributed by atoms with Gasteiger partial charge in [-0.05, 0) is 70.8 Å². The highest BCUT2D eigenvalue weighted by Crippen LogP contribution is 2.36. The molecule has 0 bridgehead atoms. The van der Waals surface area contributed by atoms with Crippen LogP contribution < -0.4 is 5.32 Å². The summed E-state index contributed by atoms with van der Waals surface area (Å²) >= 11 is 0. The molecule has 38 heavy (non-hydrogen) atoms. The van der Waals surface area contributed by atoms with Gasteiger partial charge in [-0.3, -0.25) is 0 Å². The largest absolute Gasteiger partial charge is 0.355 e. The third kappa shape index (κ3) is 4.03. The average Bonchev–Trinajstić information content (AvgIpc) is 3.32. The summed E-state index contributed by atoms with van der Waals surface area (Å²) < 4.78 is 2.35. The van der Waals surface area contributed by atoms with Gasteiger partial charge >= 0.3 is 0 Å². The molecule has 6 aromatic carbocycles. The Bertz CT molecular complexity index is 1810. The molecule has 0 fully saturated rings. The molecule has 1 N–H and O–H groups in total. The highest BCUT2D eigenvalue weighted by Gasteiger charge is 2.13. The minimum atomic E-state index is 1.06. The molecule has 0 aliphatic carbocycles. The second-order valence-electron chi connectivity index (χ2n) is 9.58. The monoisotopic (exact) mass is 486 g/mol. The van der Waals surface area contributed by atoms with Gasteiger partial charge in [-0.15, -0.1) is 0 Å². The molecule has 0 spiro atoms. The summed E-state index contributed by atoms with van der Waals surface area (Å²) in [6.45, 7) is 0. The number of hydrogen-bond acceptors (Lipinski definition) is 1. The van der Waals surface area contributed by atoms with E-state index < -0.39 is 0 Å². The lowest BCUT2D eigenvalue weighted by atomic mass is 9.98. The highest BCUT2D eigenvalue weighted by atomic mass is 15.0. The van der Waals surface area contributed by atoms with Crippen LogP contribution in [0.4, 0.5) is 11.4 Å². The normalized spacial score (nSPS) is 11.2. The zero-order chi connectivity index (χ0) is 25.3. The first kappa shape index (κ1) is 22.1. The Labute approximate surface area is 222 Å². The maximum absolute atomic E-state index is 3.73. The number of nitrogens with one attached hydrogen (secondary N) is 1. The molecule has 7 rings (SSSR count). The van der Waals surface area contributed by atoms with E-state index in [1.807, 2.05) is 0 Å². The number of anilines is 2. The first-order valence-electron chi connectivity index (χ1n) is 13.0. The maximum atomic E-state index is 3.73. The van der Waals surface area contributed by atoms with Crippen LogP contribution in [-0.4, -0.2) is 4.57 Å². The van der Waals surface area contributed by atoms with Gasteiger partial charge in [0.25, 0.3) is 0 Å².